The van der Waals surface area contributed by atoms with Gasteiger partial charge in [0.05, 0.1) is 33.4 Å². The fraction of sp³-hybridized carbons (Fsp3) is 0.0667. The summed E-state index contributed by atoms with van der Waals surface area (Å²) in [5, 5.41) is 36.8. The number of halogens is 6. The van der Waals surface area contributed by atoms with Crippen molar-refractivity contribution in [3.8, 4) is 34.1 Å². The molecule has 4 aromatic carbocycles. The van der Waals surface area contributed by atoms with Crippen molar-refractivity contribution < 1.29 is 76.8 Å². The van der Waals surface area contributed by atoms with E-state index in [1.807, 2.05) is 0 Å². The summed E-state index contributed by atoms with van der Waals surface area (Å²) in [6.45, 7) is 0. The predicted molar refractivity (Wildman–Crippen MR) is 144 cm³/mol. The second-order valence-corrected chi connectivity index (χ2v) is 9.25. The van der Waals surface area contributed by atoms with E-state index < -0.39 is 92.2 Å². The summed E-state index contributed by atoms with van der Waals surface area (Å²) in [7, 11) is 0. The number of carboxylic acid groups (broad SMARTS) is 4. The first-order chi connectivity index (χ1) is 21.4. The third kappa shape index (κ3) is 7.01. The van der Waals surface area contributed by atoms with Crippen LogP contribution in [0, 0.1) is 0 Å². The topological polar surface area (TPSA) is 168 Å². The van der Waals surface area contributed by atoms with E-state index in [2.05, 4.69) is 0 Å². The van der Waals surface area contributed by atoms with E-state index in [1.165, 1.54) is 0 Å². The van der Waals surface area contributed by atoms with Gasteiger partial charge in [-0.1, -0.05) is 12.1 Å². The molecule has 0 unspecified atom stereocenters. The normalized spacial score (nSPS) is 11.5. The Kier molecular flexibility index (Phi) is 8.67. The predicted octanol–water partition coefficient (Wildman–Crippen LogP) is 7.88. The van der Waals surface area contributed by atoms with Gasteiger partial charge in [0.15, 0.2) is 0 Å². The van der Waals surface area contributed by atoms with Crippen LogP contribution in [0.15, 0.2) is 72.8 Å². The van der Waals surface area contributed by atoms with Crippen LogP contribution in [0.5, 0.6) is 23.0 Å². The van der Waals surface area contributed by atoms with E-state index in [0.717, 1.165) is 48.5 Å². The van der Waals surface area contributed by atoms with E-state index in [-0.39, 0.29) is 12.9 Å². The molecule has 0 aliphatic heterocycles. The fourth-order valence-electron chi connectivity index (χ4n) is 4.29. The largest absolute Gasteiger partial charge is 1.00 e. The van der Waals surface area contributed by atoms with Crippen molar-refractivity contribution in [1.82, 2.24) is 0 Å². The van der Waals surface area contributed by atoms with Crippen LogP contribution in [0.25, 0.3) is 11.1 Å². The molecule has 0 amide bonds. The Balaban J connectivity index is 0.00000600. The number of aromatic carboxylic acids is 4. The maximum absolute atomic E-state index is 14.2. The average Bonchev–Trinajstić information content (AvgIpc) is 2.96. The van der Waals surface area contributed by atoms with Gasteiger partial charge in [0.25, 0.3) is 0 Å². The highest BCUT2D eigenvalue weighted by Gasteiger charge is 2.39. The summed E-state index contributed by atoms with van der Waals surface area (Å²) in [4.78, 5) is 45.3. The van der Waals surface area contributed by atoms with E-state index in [4.69, 9.17) is 19.7 Å². The lowest BCUT2D eigenvalue weighted by Gasteiger charge is -2.20. The van der Waals surface area contributed by atoms with E-state index in [0.29, 0.717) is 24.3 Å². The molecule has 4 aromatic rings. The van der Waals surface area contributed by atoms with Crippen molar-refractivity contribution in [3.63, 3.8) is 0 Å². The van der Waals surface area contributed by atoms with Gasteiger partial charge in [-0.3, -0.25) is 0 Å². The lowest BCUT2D eigenvalue weighted by atomic mass is 9.94. The summed E-state index contributed by atoms with van der Waals surface area (Å²) in [5.74, 6) is -8.39. The summed E-state index contributed by atoms with van der Waals surface area (Å²) >= 11 is 0. The van der Waals surface area contributed by atoms with Crippen LogP contribution in [0.2, 0.25) is 0 Å². The number of carbonyl (C=O) groups is 4. The van der Waals surface area contributed by atoms with E-state index in [1.54, 1.807) is 0 Å². The summed E-state index contributed by atoms with van der Waals surface area (Å²) in [6, 6.07) is 9.07. The fourth-order valence-corrected chi connectivity index (χ4v) is 4.29. The molecule has 46 heavy (non-hydrogen) atoms. The molecule has 0 bridgehead atoms. The average molecular weight is 651 g/mol. The van der Waals surface area contributed by atoms with Gasteiger partial charge in [0, 0.05) is 0 Å². The SMILES string of the molecule is O=C(O)c1ccc(Oc2ccc(-c3ccc(Oc4ccc(C(=O)O)c(C(=O)O)c4)cc3C(F)(F)F)c(C(F)(F)F)c2)cc1C(=O)O.[H-]. The highest BCUT2D eigenvalue weighted by molar-refractivity contribution is 6.02. The van der Waals surface area contributed by atoms with Crippen LogP contribution in [0.4, 0.5) is 26.3 Å². The van der Waals surface area contributed by atoms with Gasteiger partial charge >= 0.3 is 36.2 Å². The first-order valence-electron chi connectivity index (χ1n) is 12.4. The Labute approximate surface area is 253 Å². The third-order valence-corrected chi connectivity index (χ3v) is 6.26. The van der Waals surface area contributed by atoms with Crippen molar-refractivity contribution in [3.05, 3.63) is 106 Å². The maximum Gasteiger partial charge on any atom is 0.417 e. The van der Waals surface area contributed by atoms with Crippen molar-refractivity contribution >= 4 is 23.9 Å². The van der Waals surface area contributed by atoms with Gasteiger partial charge in [0.1, 0.15) is 23.0 Å². The van der Waals surface area contributed by atoms with Crippen LogP contribution in [-0.2, 0) is 12.4 Å². The lowest BCUT2D eigenvalue weighted by molar-refractivity contribution is -0.139. The molecule has 16 heteroatoms. The molecule has 240 valence electrons. The molecule has 0 aliphatic carbocycles. The van der Waals surface area contributed by atoms with Gasteiger partial charge in [-0.05, 0) is 71.8 Å². The standard InChI is InChI=1S/C30H16F6O10.H/c31-29(32,33)23-11-15(45-13-3-7-19(25(37)38)21(9-13)27(41)42)1-5-17(23)18-6-2-16(12-24(18)30(34,35)36)46-14-4-8-20(26(39)40)22(10-14)28(43)44;/h1-12H,(H,37,38)(H,39,40)(H,41,42)(H,43,44);/q;-1. The van der Waals surface area contributed by atoms with E-state index in [9.17, 15) is 55.7 Å². The molecule has 0 spiro atoms. The van der Waals surface area contributed by atoms with Crippen LogP contribution in [0.1, 0.15) is 54.0 Å². The van der Waals surface area contributed by atoms with Gasteiger partial charge in [0.2, 0.25) is 0 Å². The number of benzene rings is 4. The molecule has 4 N–H and O–H groups in total. The second-order valence-electron chi connectivity index (χ2n) is 9.25. The van der Waals surface area contributed by atoms with Crippen molar-refractivity contribution in [1.29, 1.82) is 0 Å². The molecule has 4 rings (SSSR count). The number of carboxylic acids is 4. The highest BCUT2D eigenvalue weighted by atomic mass is 19.4. The molecule has 0 aliphatic rings. The highest BCUT2D eigenvalue weighted by Crippen LogP contribution is 2.45. The Morgan fingerprint density at radius 1 is 0.457 bits per heavy atom. The minimum Gasteiger partial charge on any atom is -1.00 e. The molecule has 0 radical (unpaired) electrons. The first-order valence-corrected chi connectivity index (χ1v) is 12.4. The summed E-state index contributed by atoms with van der Waals surface area (Å²) < 4.78 is 95.5. The zero-order valence-corrected chi connectivity index (χ0v) is 22.4. The Bertz CT molecular complexity index is 1770. The molecule has 0 saturated carbocycles. The first kappa shape index (κ1) is 32.8. The van der Waals surface area contributed by atoms with Crippen molar-refractivity contribution in [2.75, 3.05) is 0 Å². The van der Waals surface area contributed by atoms with Crippen molar-refractivity contribution in [2.45, 2.75) is 12.4 Å². The Morgan fingerprint density at radius 3 is 1.02 bits per heavy atom. The number of hydrogen-bond donors (Lipinski definition) is 4. The number of ether oxygens (including phenoxy) is 2. The quantitative estimate of drug-likeness (QED) is 0.131. The molecule has 0 heterocycles. The van der Waals surface area contributed by atoms with Gasteiger partial charge in [-0.15, -0.1) is 0 Å². The molecular formula is C30H17F6O10-. The Morgan fingerprint density at radius 2 is 0.739 bits per heavy atom. The Hall–Kier alpha value is -6.06. The van der Waals surface area contributed by atoms with Crippen molar-refractivity contribution in [2.24, 2.45) is 0 Å². The molecule has 0 atom stereocenters. The molecule has 0 saturated heterocycles. The summed E-state index contributed by atoms with van der Waals surface area (Å²) in [6.07, 6.45) is -10.5. The lowest BCUT2D eigenvalue weighted by Crippen LogP contribution is -2.12. The number of rotatable bonds is 9. The zero-order chi connectivity index (χ0) is 34.1. The van der Waals surface area contributed by atoms with Gasteiger partial charge in [-0.2, -0.15) is 26.3 Å². The van der Waals surface area contributed by atoms with E-state index >= 15 is 0 Å². The maximum atomic E-state index is 14.2. The minimum absolute atomic E-state index is 0. The smallest absolute Gasteiger partial charge is 0.417 e. The second kappa shape index (κ2) is 12.1. The molecule has 0 aromatic heterocycles. The zero-order valence-electron chi connectivity index (χ0n) is 23.4. The van der Waals surface area contributed by atoms with Gasteiger partial charge < -0.3 is 31.3 Å². The monoisotopic (exact) mass is 651 g/mol. The number of hydrogen-bond acceptors (Lipinski definition) is 6. The van der Waals surface area contributed by atoms with Crippen LogP contribution in [-0.4, -0.2) is 44.3 Å². The van der Waals surface area contributed by atoms with Crippen LogP contribution in [0.3, 0.4) is 0 Å². The molecule has 0 fully saturated rings. The number of alkyl halides is 6. The molecular weight excluding hydrogens is 634 g/mol. The minimum atomic E-state index is -5.23. The van der Waals surface area contributed by atoms with Gasteiger partial charge in [-0.25, -0.2) is 19.2 Å². The summed E-state index contributed by atoms with van der Waals surface area (Å²) in [5.41, 5.74) is -7.70. The third-order valence-electron chi connectivity index (χ3n) is 6.26. The van der Waals surface area contributed by atoms with Crippen LogP contribution < -0.4 is 9.47 Å². The van der Waals surface area contributed by atoms with Crippen LogP contribution >= 0.6 is 0 Å². The molecule has 10 nitrogen and oxygen atoms in total.